The van der Waals surface area contributed by atoms with Crippen molar-refractivity contribution in [3.05, 3.63) is 34.9 Å². The summed E-state index contributed by atoms with van der Waals surface area (Å²) in [5.41, 5.74) is 3.39. The fraction of sp³-hybridized carbons (Fsp3) is 0.333. The molecule has 1 aromatic carbocycles. The molecule has 0 aliphatic carbocycles. The van der Waals surface area contributed by atoms with E-state index in [9.17, 15) is 0 Å². The minimum absolute atomic E-state index is 0.146. The van der Waals surface area contributed by atoms with Crippen molar-refractivity contribution in [2.24, 2.45) is 0 Å². The second-order valence-corrected chi connectivity index (χ2v) is 2.59. The van der Waals surface area contributed by atoms with Gasteiger partial charge in [0, 0.05) is 0 Å². The summed E-state index contributed by atoms with van der Waals surface area (Å²) in [5, 5.41) is 8.84. The van der Waals surface area contributed by atoms with Crippen LogP contribution in [0.4, 0.5) is 0 Å². The van der Waals surface area contributed by atoms with E-state index < -0.39 is 0 Å². The third-order valence-corrected chi connectivity index (χ3v) is 1.67. The first-order valence-electron chi connectivity index (χ1n) is 3.41. The molecule has 1 rings (SSSR count). The van der Waals surface area contributed by atoms with Crippen LogP contribution in [-0.2, 0) is 6.61 Å². The Morgan fingerprint density at radius 2 is 2.00 bits per heavy atom. The summed E-state index contributed by atoms with van der Waals surface area (Å²) in [5.74, 6) is 0. The molecule has 0 saturated carbocycles. The Bertz CT molecular complexity index is 228. The molecule has 1 N–H and O–H groups in total. The van der Waals surface area contributed by atoms with Crippen molar-refractivity contribution in [2.45, 2.75) is 20.5 Å². The monoisotopic (exact) mass is 136 g/mol. The third kappa shape index (κ3) is 1.36. The van der Waals surface area contributed by atoms with Crippen LogP contribution >= 0.6 is 0 Å². The highest BCUT2D eigenvalue weighted by Gasteiger charge is 1.94. The molecular formula is C9H12O. The number of hydrogen-bond donors (Lipinski definition) is 1. The van der Waals surface area contributed by atoms with Crippen LogP contribution in [0.2, 0.25) is 0 Å². The van der Waals surface area contributed by atoms with Gasteiger partial charge in [-0.1, -0.05) is 23.8 Å². The molecule has 1 aromatic rings. The van der Waals surface area contributed by atoms with Gasteiger partial charge in [0.1, 0.15) is 0 Å². The quantitative estimate of drug-likeness (QED) is 0.624. The van der Waals surface area contributed by atoms with Gasteiger partial charge in [0.15, 0.2) is 0 Å². The van der Waals surface area contributed by atoms with Crippen molar-refractivity contribution in [2.75, 3.05) is 0 Å². The number of hydrogen-bond acceptors (Lipinski definition) is 1. The molecule has 54 valence electrons. The maximum Gasteiger partial charge on any atom is 0.0684 e. The van der Waals surface area contributed by atoms with E-state index in [-0.39, 0.29) is 6.61 Å². The SMILES string of the molecule is Cc1ccc(C)c(CO)c1. The lowest BCUT2D eigenvalue weighted by Crippen LogP contribution is -1.88. The molecule has 0 aliphatic rings. The van der Waals surface area contributed by atoms with Gasteiger partial charge < -0.3 is 5.11 Å². The molecule has 0 aliphatic heterocycles. The number of aryl methyl sites for hydroxylation is 2. The highest BCUT2D eigenvalue weighted by Crippen LogP contribution is 2.09. The second kappa shape index (κ2) is 2.84. The fourth-order valence-corrected chi connectivity index (χ4v) is 0.971. The molecule has 0 fully saturated rings. The van der Waals surface area contributed by atoms with Crippen LogP contribution in [0.1, 0.15) is 16.7 Å². The van der Waals surface area contributed by atoms with Gasteiger partial charge in [-0.2, -0.15) is 0 Å². The fourth-order valence-electron chi connectivity index (χ4n) is 0.971. The van der Waals surface area contributed by atoms with Crippen LogP contribution in [-0.4, -0.2) is 5.11 Å². The standard InChI is InChI=1S/C9H12O/c1-7-3-4-8(2)9(5-7)6-10/h3-5,10H,6H2,1-2H3. The van der Waals surface area contributed by atoms with E-state index in [0.29, 0.717) is 0 Å². The summed E-state index contributed by atoms with van der Waals surface area (Å²) < 4.78 is 0. The average molecular weight is 136 g/mol. The molecular weight excluding hydrogens is 124 g/mol. The maximum absolute atomic E-state index is 8.84. The van der Waals surface area contributed by atoms with E-state index in [1.807, 2.05) is 26.0 Å². The van der Waals surface area contributed by atoms with Gasteiger partial charge >= 0.3 is 0 Å². The minimum Gasteiger partial charge on any atom is -0.392 e. The molecule has 0 heterocycles. The Hall–Kier alpha value is -0.820. The normalized spacial score (nSPS) is 9.90. The van der Waals surface area contributed by atoms with E-state index >= 15 is 0 Å². The van der Waals surface area contributed by atoms with Crippen LogP contribution in [0, 0.1) is 13.8 Å². The third-order valence-electron chi connectivity index (χ3n) is 1.67. The van der Waals surface area contributed by atoms with E-state index in [1.165, 1.54) is 5.56 Å². The highest BCUT2D eigenvalue weighted by atomic mass is 16.3. The lowest BCUT2D eigenvalue weighted by Gasteiger charge is -2.01. The molecule has 0 radical (unpaired) electrons. The number of rotatable bonds is 1. The molecule has 10 heavy (non-hydrogen) atoms. The Kier molecular flexibility index (Phi) is 2.07. The van der Waals surface area contributed by atoms with E-state index in [0.717, 1.165) is 11.1 Å². The summed E-state index contributed by atoms with van der Waals surface area (Å²) in [4.78, 5) is 0. The minimum atomic E-state index is 0.146. The van der Waals surface area contributed by atoms with Crippen LogP contribution in [0.5, 0.6) is 0 Å². The van der Waals surface area contributed by atoms with Gasteiger partial charge in [-0.15, -0.1) is 0 Å². The second-order valence-electron chi connectivity index (χ2n) is 2.59. The zero-order valence-corrected chi connectivity index (χ0v) is 6.39. The van der Waals surface area contributed by atoms with Crippen LogP contribution in [0.15, 0.2) is 18.2 Å². The van der Waals surface area contributed by atoms with Crippen molar-refractivity contribution < 1.29 is 5.11 Å². The lowest BCUT2D eigenvalue weighted by atomic mass is 10.1. The van der Waals surface area contributed by atoms with Gasteiger partial charge in [0.05, 0.1) is 6.61 Å². The number of aliphatic hydroxyl groups is 1. The Balaban J connectivity index is 3.09. The predicted molar refractivity (Wildman–Crippen MR) is 41.8 cm³/mol. The van der Waals surface area contributed by atoms with Crippen molar-refractivity contribution in [3.8, 4) is 0 Å². The molecule has 0 bridgehead atoms. The summed E-state index contributed by atoms with van der Waals surface area (Å²) in [6, 6.07) is 6.09. The predicted octanol–water partition coefficient (Wildman–Crippen LogP) is 1.80. The zero-order chi connectivity index (χ0) is 7.56. The molecule has 0 amide bonds. The summed E-state index contributed by atoms with van der Waals surface area (Å²) in [6.45, 7) is 4.18. The largest absolute Gasteiger partial charge is 0.392 e. The number of aliphatic hydroxyl groups excluding tert-OH is 1. The zero-order valence-electron chi connectivity index (χ0n) is 6.39. The summed E-state index contributed by atoms with van der Waals surface area (Å²) >= 11 is 0. The Labute approximate surface area is 61.3 Å². The first kappa shape index (κ1) is 7.29. The Morgan fingerprint density at radius 1 is 1.30 bits per heavy atom. The molecule has 0 atom stereocenters. The Morgan fingerprint density at radius 3 is 2.50 bits per heavy atom. The summed E-state index contributed by atoms with van der Waals surface area (Å²) in [7, 11) is 0. The van der Waals surface area contributed by atoms with Crippen molar-refractivity contribution in [1.82, 2.24) is 0 Å². The molecule has 0 aromatic heterocycles. The molecule has 0 unspecified atom stereocenters. The van der Waals surface area contributed by atoms with Crippen LogP contribution < -0.4 is 0 Å². The first-order valence-corrected chi connectivity index (χ1v) is 3.41. The van der Waals surface area contributed by atoms with E-state index in [4.69, 9.17) is 5.11 Å². The van der Waals surface area contributed by atoms with Crippen molar-refractivity contribution in [1.29, 1.82) is 0 Å². The van der Waals surface area contributed by atoms with Gasteiger partial charge in [-0.25, -0.2) is 0 Å². The highest BCUT2D eigenvalue weighted by molar-refractivity contribution is 5.29. The van der Waals surface area contributed by atoms with Crippen molar-refractivity contribution in [3.63, 3.8) is 0 Å². The van der Waals surface area contributed by atoms with Gasteiger partial charge in [-0.3, -0.25) is 0 Å². The van der Waals surface area contributed by atoms with Gasteiger partial charge in [-0.05, 0) is 25.0 Å². The van der Waals surface area contributed by atoms with E-state index in [2.05, 4.69) is 6.07 Å². The van der Waals surface area contributed by atoms with Gasteiger partial charge in [0.25, 0.3) is 0 Å². The van der Waals surface area contributed by atoms with Crippen molar-refractivity contribution >= 4 is 0 Å². The van der Waals surface area contributed by atoms with E-state index in [1.54, 1.807) is 0 Å². The van der Waals surface area contributed by atoms with Crippen LogP contribution in [0.25, 0.3) is 0 Å². The number of benzene rings is 1. The lowest BCUT2D eigenvalue weighted by molar-refractivity contribution is 0.281. The smallest absolute Gasteiger partial charge is 0.0684 e. The average Bonchev–Trinajstić information content (AvgIpc) is 1.94. The topological polar surface area (TPSA) is 20.2 Å². The molecule has 0 saturated heterocycles. The molecule has 1 heteroatoms. The van der Waals surface area contributed by atoms with Gasteiger partial charge in [0.2, 0.25) is 0 Å². The summed E-state index contributed by atoms with van der Waals surface area (Å²) in [6.07, 6.45) is 0. The van der Waals surface area contributed by atoms with Crippen LogP contribution in [0.3, 0.4) is 0 Å². The molecule has 0 spiro atoms. The molecule has 1 nitrogen and oxygen atoms in total. The first-order chi connectivity index (χ1) is 4.74. The maximum atomic E-state index is 8.84.